The van der Waals surface area contributed by atoms with E-state index in [1.54, 1.807) is 0 Å². The standard InChI is InChI=1S/C12H17O2P/c13-15-14-12-9-5-4-8-11(12)10-6-2-1-3-7-10/h1-3,6-7,11-13,15H,4-5,8-9H2/t11-,12+/m0/s1. The van der Waals surface area contributed by atoms with E-state index < -0.39 is 0 Å². The fourth-order valence-corrected chi connectivity index (χ4v) is 2.80. The average Bonchev–Trinajstić information content (AvgIpc) is 2.31. The highest BCUT2D eigenvalue weighted by Crippen LogP contribution is 2.37. The summed E-state index contributed by atoms with van der Waals surface area (Å²) >= 11 is 0. The van der Waals surface area contributed by atoms with Crippen LogP contribution in [0.3, 0.4) is 0 Å². The molecule has 0 spiro atoms. The van der Waals surface area contributed by atoms with E-state index in [0.29, 0.717) is 5.92 Å². The number of hydrogen-bond acceptors (Lipinski definition) is 2. The Morgan fingerprint density at radius 2 is 1.87 bits per heavy atom. The minimum absolute atomic E-state index is 0.212. The Bertz CT molecular complexity index is 287. The SMILES string of the molecule is OPO[C@@H]1CCCC[C@H]1c1ccccc1. The third-order valence-electron chi connectivity index (χ3n) is 3.13. The molecule has 82 valence electrons. The van der Waals surface area contributed by atoms with Gasteiger partial charge < -0.3 is 9.42 Å². The van der Waals surface area contributed by atoms with Gasteiger partial charge in [0.2, 0.25) is 0 Å². The van der Waals surface area contributed by atoms with Gasteiger partial charge in [-0.1, -0.05) is 43.2 Å². The van der Waals surface area contributed by atoms with Gasteiger partial charge >= 0.3 is 0 Å². The van der Waals surface area contributed by atoms with Gasteiger partial charge in [0.05, 0.1) is 6.10 Å². The largest absolute Gasteiger partial charge is 0.352 e. The van der Waals surface area contributed by atoms with Crippen LogP contribution in [0.4, 0.5) is 0 Å². The summed E-state index contributed by atoms with van der Waals surface area (Å²) in [6.07, 6.45) is 4.96. The van der Waals surface area contributed by atoms with Crippen molar-refractivity contribution in [3.8, 4) is 0 Å². The van der Waals surface area contributed by atoms with Crippen LogP contribution in [0, 0.1) is 0 Å². The van der Waals surface area contributed by atoms with Crippen molar-refractivity contribution in [2.45, 2.75) is 37.7 Å². The Labute approximate surface area is 92.6 Å². The molecule has 1 aliphatic carbocycles. The second-order valence-electron chi connectivity index (χ2n) is 4.05. The third kappa shape index (κ3) is 2.78. The van der Waals surface area contributed by atoms with Crippen LogP contribution < -0.4 is 0 Å². The highest BCUT2D eigenvalue weighted by molar-refractivity contribution is 7.25. The molecule has 0 aromatic heterocycles. The summed E-state index contributed by atoms with van der Waals surface area (Å²) in [7, 11) is -0.380. The second kappa shape index (κ2) is 5.60. The van der Waals surface area contributed by atoms with Gasteiger partial charge in [-0.3, -0.25) is 0 Å². The topological polar surface area (TPSA) is 29.5 Å². The van der Waals surface area contributed by atoms with Crippen molar-refractivity contribution < 1.29 is 9.42 Å². The molecule has 0 saturated heterocycles. The van der Waals surface area contributed by atoms with Crippen molar-refractivity contribution in [1.82, 2.24) is 0 Å². The molecule has 0 radical (unpaired) electrons. The van der Waals surface area contributed by atoms with Gasteiger partial charge in [-0.05, 0) is 18.4 Å². The molecular formula is C12H17O2P. The molecule has 1 aromatic rings. The number of hydrogen-bond donors (Lipinski definition) is 1. The molecule has 1 aromatic carbocycles. The molecule has 3 heteroatoms. The van der Waals surface area contributed by atoms with Crippen LogP contribution in [0.15, 0.2) is 30.3 Å². The first-order valence-corrected chi connectivity index (χ1v) is 6.37. The zero-order chi connectivity index (χ0) is 10.5. The Kier molecular flexibility index (Phi) is 4.13. The van der Waals surface area contributed by atoms with Crippen LogP contribution in [0.2, 0.25) is 0 Å². The lowest BCUT2D eigenvalue weighted by atomic mass is 9.82. The van der Waals surface area contributed by atoms with Crippen molar-refractivity contribution in [3.63, 3.8) is 0 Å². The molecule has 0 aliphatic heterocycles. The van der Waals surface area contributed by atoms with Crippen LogP contribution in [-0.4, -0.2) is 11.0 Å². The molecule has 0 heterocycles. The van der Waals surface area contributed by atoms with Crippen LogP contribution in [0.5, 0.6) is 0 Å². The average molecular weight is 224 g/mol. The van der Waals surface area contributed by atoms with Crippen molar-refractivity contribution in [3.05, 3.63) is 35.9 Å². The van der Waals surface area contributed by atoms with E-state index >= 15 is 0 Å². The van der Waals surface area contributed by atoms with Crippen LogP contribution in [0.25, 0.3) is 0 Å². The Hall–Kier alpha value is -0.430. The fourth-order valence-electron chi connectivity index (χ4n) is 2.39. The lowest BCUT2D eigenvalue weighted by Crippen LogP contribution is -2.23. The molecular weight excluding hydrogens is 207 g/mol. The molecule has 1 aliphatic rings. The summed E-state index contributed by atoms with van der Waals surface area (Å²) in [5.41, 5.74) is 1.35. The quantitative estimate of drug-likeness (QED) is 0.799. The van der Waals surface area contributed by atoms with Crippen molar-refractivity contribution in [2.24, 2.45) is 0 Å². The summed E-state index contributed by atoms with van der Waals surface area (Å²) in [4.78, 5) is 8.89. The van der Waals surface area contributed by atoms with Gasteiger partial charge in [0.15, 0.2) is 9.03 Å². The lowest BCUT2D eigenvalue weighted by molar-refractivity contribution is 0.139. The van der Waals surface area contributed by atoms with Gasteiger partial charge in [0.1, 0.15) is 0 Å². The Balaban J connectivity index is 2.11. The molecule has 0 bridgehead atoms. The van der Waals surface area contributed by atoms with E-state index in [0.717, 1.165) is 6.42 Å². The summed E-state index contributed by atoms with van der Waals surface area (Å²) in [6, 6.07) is 10.5. The van der Waals surface area contributed by atoms with Crippen LogP contribution in [0.1, 0.15) is 37.2 Å². The molecule has 2 rings (SSSR count). The summed E-state index contributed by atoms with van der Waals surface area (Å²) in [5.74, 6) is 0.472. The molecule has 3 atom stereocenters. The van der Waals surface area contributed by atoms with E-state index in [1.165, 1.54) is 24.8 Å². The first-order valence-electron chi connectivity index (χ1n) is 5.51. The third-order valence-corrected chi connectivity index (χ3v) is 3.54. The molecule has 2 nitrogen and oxygen atoms in total. The Morgan fingerprint density at radius 3 is 2.60 bits per heavy atom. The van der Waals surface area contributed by atoms with Gasteiger partial charge in [-0.2, -0.15) is 0 Å². The van der Waals surface area contributed by atoms with E-state index in [1.807, 2.05) is 6.07 Å². The van der Waals surface area contributed by atoms with E-state index in [2.05, 4.69) is 24.3 Å². The van der Waals surface area contributed by atoms with Crippen molar-refractivity contribution in [1.29, 1.82) is 0 Å². The monoisotopic (exact) mass is 224 g/mol. The zero-order valence-corrected chi connectivity index (χ0v) is 9.73. The van der Waals surface area contributed by atoms with Crippen LogP contribution in [-0.2, 0) is 4.52 Å². The predicted octanol–water partition coefficient (Wildman–Crippen LogP) is 3.23. The maximum atomic E-state index is 8.89. The van der Waals surface area contributed by atoms with Gasteiger partial charge in [-0.15, -0.1) is 0 Å². The molecule has 1 unspecified atom stereocenters. The lowest BCUT2D eigenvalue weighted by Gasteiger charge is -2.30. The minimum atomic E-state index is -0.380. The smallest absolute Gasteiger partial charge is 0.152 e. The fraction of sp³-hybridized carbons (Fsp3) is 0.500. The minimum Gasteiger partial charge on any atom is -0.352 e. The zero-order valence-electron chi connectivity index (χ0n) is 8.73. The maximum Gasteiger partial charge on any atom is 0.152 e. The predicted molar refractivity (Wildman–Crippen MR) is 63.1 cm³/mol. The van der Waals surface area contributed by atoms with Gasteiger partial charge in [0, 0.05) is 5.92 Å². The molecule has 15 heavy (non-hydrogen) atoms. The van der Waals surface area contributed by atoms with E-state index in [9.17, 15) is 0 Å². The highest BCUT2D eigenvalue weighted by Gasteiger charge is 2.26. The molecule has 1 saturated carbocycles. The summed E-state index contributed by atoms with van der Waals surface area (Å²) < 4.78 is 5.43. The maximum absolute atomic E-state index is 8.89. The van der Waals surface area contributed by atoms with Gasteiger partial charge in [0.25, 0.3) is 0 Å². The van der Waals surface area contributed by atoms with Crippen molar-refractivity contribution in [2.75, 3.05) is 0 Å². The number of rotatable bonds is 3. The van der Waals surface area contributed by atoms with Gasteiger partial charge in [-0.25, -0.2) is 0 Å². The molecule has 1 fully saturated rings. The first-order chi connectivity index (χ1) is 7.42. The van der Waals surface area contributed by atoms with Crippen LogP contribution >= 0.6 is 9.03 Å². The van der Waals surface area contributed by atoms with Crippen molar-refractivity contribution >= 4 is 9.03 Å². The Morgan fingerprint density at radius 1 is 1.13 bits per heavy atom. The first kappa shape index (κ1) is 11.1. The normalized spacial score (nSPS) is 27.3. The molecule has 1 N–H and O–H groups in total. The highest BCUT2D eigenvalue weighted by atomic mass is 31.1. The van der Waals surface area contributed by atoms with E-state index in [4.69, 9.17) is 9.42 Å². The summed E-state index contributed by atoms with van der Waals surface area (Å²) in [5, 5.41) is 0. The number of benzene rings is 1. The summed E-state index contributed by atoms with van der Waals surface area (Å²) in [6.45, 7) is 0. The second-order valence-corrected chi connectivity index (χ2v) is 4.47. The molecule has 0 amide bonds. The van der Waals surface area contributed by atoms with E-state index in [-0.39, 0.29) is 15.1 Å².